The lowest BCUT2D eigenvalue weighted by Crippen LogP contribution is -2.29. The molecule has 4 nitrogen and oxygen atoms in total. The van der Waals surface area contributed by atoms with E-state index in [-0.39, 0.29) is 5.41 Å². The molecule has 1 unspecified atom stereocenters. The molecule has 0 aromatic heterocycles. The van der Waals surface area contributed by atoms with E-state index < -0.39 is 0 Å². The van der Waals surface area contributed by atoms with Crippen molar-refractivity contribution in [2.45, 2.75) is 13.3 Å². The number of hydrogen-bond donors (Lipinski definition) is 1. The largest absolute Gasteiger partial charge is 0.382 e. The van der Waals surface area contributed by atoms with E-state index in [2.05, 4.69) is 18.8 Å². The van der Waals surface area contributed by atoms with Crippen LogP contribution in [0.5, 0.6) is 0 Å². The quantitative estimate of drug-likeness (QED) is 0.417. The first-order chi connectivity index (χ1) is 8.18. The third-order valence-corrected chi connectivity index (χ3v) is 2.69. The van der Waals surface area contributed by atoms with Gasteiger partial charge in [-0.3, -0.25) is 0 Å². The third-order valence-electron chi connectivity index (χ3n) is 2.69. The van der Waals surface area contributed by atoms with E-state index in [0.29, 0.717) is 26.4 Å². The summed E-state index contributed by atoms with van der Waals surface area (Å²) >= 11 is 0. The Morgan fingerprint density at radius 1 is 1.12 bits per heavy atom. The molecule has 0 rings (SSSR count). The molecule has 0 heterocycles. The topological polar surface area (TPSA) is 39.7 Å². The lowest BCUT2D eigenvalue weighted by atomic mass is 9.87. The second kappa shape index (κ2) is 10.7. The highest BCUT2D eigenvalue weighted by atomic mass is 16.5. The van der Waals surface area contributed by atoms with Crippen LogP contribution < -0.4 is 5.32 Å². The SMILES string of the molecule is C=CC(C)(CCOCCOCCOC)CNC. The summed E-state index contributed by atoms with van der Waals surface area (Å²) in [7, 11) is 3.62. The fourth-order valence-corrected chi connectivity index (χ4v) is 1.44. The zero-order valence-corrected chi connectivity index (χ0v) is 11.5. The Bertz CT molecular complexity index is 188. The fourth-order valence-electron chi connectivity index (χ4n) is 1.44. The van der Waals surface area contributed by atoms with Gasteiger partial charge in [-0.25, -0.2) is 0 Å². The Hall–Kier alpha value is -0.420. The van der Waals surface area contributed by atoms with E-state index in [9.17, 15) is 0 Å². The van der Waals surface area contributed by atoms with E-state index in [1.54, 1.807) is 7.11 Å². The Morgan fingerprint density at radius 2 is 1.71 bits per heavy atom. The number of methoxy groups -OCH3 is 1. The molecule has 0 aromatic carbocycles. The van der Waals surface area contributed by atoms with Crippen molar-refractivity contribution in [1.29, 1.82) is 0 Å². The predicted octanol–water partition coefficient (Wildman–Crippen LogP) is 1.47. The number of ether oxygens (including phenoxy) is 3. The van der Waals surface area contributed by atoms with E-state index in [1.807, 2.05) is 13.1 Å². The van der Waals surface area contributed by atoms with Crippen LogP contribution in [0.15, 0.2) is 12.7 Å². The molecule has 0 aliphatic heterocycles. The maximum absolute atomic E-state index is 5.52. The van der Waals surface area contributed by atoms with Crippen LogP contribution in [-0.4, -0.2) is 53.7 Å². The summed E-state index contributed by atoms with van der Waals surface area (Å²) in [4.78, 5) is 0. The van der Waals surface area contributed by atoms with Crippen molar-refractivity contribution in [3.8, 4) is 0 Å². The summed E-state index contributed by atoms with van der Waals surface area (Å²) in [6.07, 6.45) is 2.96. The van der Waals surface area contributed by atoms with E-state index >= 15 is 0 Å². The highest BCUT2D eigenvalue weighted by molar-refractivity contribution is 4.92. The van der Waals surface area contributed by atoms with E-state index in [0.717, 1.165) is 19.6 Å². The summed E-state index contributed by atoms with van der Waals surface area (Å²) in [6, 6.07) is 0. The molecular formula is C13H27NO3. The summed E-state index contributed by atoms with van der Waals surface area (Å²) in [5.74, 6) is 0. The maximum atomic E-state index is 5.52. The predicted molar refractivity (Wildman–Crippen MR) is 70.4 cm³/mol. The molecule has 0 aliphatic carbocycles. The molecule has 0 bridgehead atoms. The van der Waals surface area contributed by atoms with Crippen LogP contribution in [-0.2, 0) is 14.2 Å². The van der Waals surface area contributed by atoms with Crippen molar-refractivity contribution >= 4 is 0 Å². The van der Waals surface area contributed by atoms with Crippen LogP contribution >= 0.6 is 0 Å². The molecule has 0 amide bonds. The molecule has 4 heteroatoms. The van der Waals surface area contributed by atoms with Gasteiger partial charge in [-0.15, -0.1) is 6.58 Å². The van der Waals surface area contributed by atoms with Gasteiger partial charge < -0.3 is 19.5 Å². The number of nitrogens with one attached hydrogen (secondary N) is 1. The molecule has 0 aliphatic rings. The molecule has 1 atom stereocenters. The average molecular weight is 245 g/mol. The molecule has 102 valence electrons. The van der Waals surface area contributed by atoms with Crippen LogP contribution in [0, 0.1) is 5.41 Å². The average Bonchev–Trinajstić information content (AvgIpc) is 2.33. The molecule has 0 saturated heterocycles. The lowest BCUT2D eigenvalue weighted by molar-refractivity contribution is 0.0199. The number of hydrogen-bond acceptors (Lipinski definition) is 4. The van der Waals surface area contributed by atoms with Gasteiger partial charge in [-0.05, 0) is 18.9 Å². The summed E-state index contributed by atoms with van der Waals surface area (Å²) in [5.41, 5.74) is 0.103. The van der Waals surface area contributed by atoms with Gasteiger partial charge in [-0.1, -0.05) is 13.0 Å². The number of rotatable bonds is 12. The van der Waals surface area contributed by atoms with Crippen LogP contribution in [0.3, 0.4) is 0 Å². The molecule has 0 fully saturated rings. The van der Waals surface area contributed by atoms with Gasteiger partial charge in [0.05, 0.1) is 26.4 Å². The van der Waals surface area contributed by atoms with E-state index in [1.165, 1.54) is 0 Å². The zero-order valence-electron chi connectivity index (χ0n) is 11.5. The summed E-state index contributed by atoms with van der Waals surface area (Å²) in [6.45, 7) is 10.2. The first kappa shape index (κ1) is 16.6. The van der Waals surface area contributed by atoms with E-state index in [4.69, 9.17) is 14.2 Å². The minimum Gasteiger partial charge on any atom is -0.382 e. The minimum atomic E-state index is 0.103. The Kier molecular flexibility index (Phi) is 10.5. The Morgan fingerprint density at radius 3 is 2.24 bits per heavy atom. The Balaban J connectivity index is 3.40. The minimum absolute atomic E-state index is 0.103. The second-order valence-electron chi connectivity index (χ2n) is 4.36. The fraction of sp³-hybridized carbons (Fsp3) is 0.846. The van der Waals surface area contributed by atoms with Crippen molar-refractivity contribution in [3.05, 3.63) is 12.7 Å². The molecule has 0 radical (unpaired) electrons. The van der Waals surface area contributed by atoms with Gasteiger partial charge in [-0.2, -0.15) is 0 Å². The maximum Gasteiger partial charge on any atom is 0.0701 e. The van der Waals surface area contributed by atoms with Crippen LogP contribution in [0.2, 0.25) is 0 Å². The highest BCUT2D eigenvalue weighted by Crippen LogP contribution is 2.21. The standard InChI is InChI=1S/C13H27NO3/c1-5-13(2,12-14-3)6-7-16-10-11-17-9-8-15-4/h5,14H,1,6-12H2,2-4H3. The lowest BCUT2D eigenvalue weighted by Gasteiger charge is -2.25. The summed E-state index contributed by atoms with van der Waals surface area (Å²) < 4.78 is 15.7. The molecule has 0 aromatic rings. The van der Waals surface area contributed by atoms with Crippen molar-refractivity contribution in [2.75, 3.05) is 53.7 Å². The second-order valence-corrected chi connectivity index (χ2v) is 4.36. The molecule has 0 saturated carbocycles. The van der Waals surface area contributed by atoms with Crippen molar-refractivity contribution < 1.29 is 14.2 Å². The van der Waals surface area contributed by atoms with Crippen molar-refractivity contribution in [2.24, 2.45) is 5.41 Å². The van der Waals surface area contributed by atoms with Gasteiger partial charge in [0.25, 0.3) is 0 Å². The molecule has 1 N–H and O–H groups in total. The monoisotopic (exact) mass is 245 g/mol. The Labute approximate surface area is 105 Å². The van der Waals surface area contributed by atoms with Crippen molar-refractivity contribution in [1.82, 2.24) is 5.32 Å². The first-order valence-electron chi connectivity index (χ1n) is 6.11. The smallest absolute Gasteiger partial charge is 0.0701 e. The molecular weight excluding hydrogens is 218 g/mol. The van der Waals surface area contributed by atoms with Crippen LogP contribution in [0.1, 0.15) is 13.3 Å². The van der Waals surface area contributed by atoms with Gasteiger partial charge >= 0.3 is 0 Å². The van der Waals surface area contributed by atoms with Gasteiger partial charge in [0.2, 0.25) is 0 Å². The normalized spacial score (nSPS) is 14.5. The molecule has 17 heavy (non-hydrogen) atoms. The highest BCUT2D eigenvalue weighted by Gasteiger charge is 2.18. The first-order valence-corrected chi connectivity index (χ1v) is 6.11. The molecule has 0 spiro atoms. The third kappa shape index (κ3) is 9.30. The zero-order chi connectivity index (χ0) is 13.0. The van der Waals surface area contributed by atoms with Crippen LogP contribution in [0.25, 0.3) is 0 Å². The summed E-state index contributed by atoms with van der Waals surface area (Å²) in [5, 5.41) is 3.17. The van der Waals surface area contributed by atoms with Gasteiger partial charge in [0.15, 0.2) is 0 Å². The van der Waals surface area contributed by atoms with Crippen LogP contribution in [0.4, 0.5) is 0 Å². The van der Waals surface area contributed by atoms with Gasteiger partial charge in [0.1, 0.15) is 0 Å². The van der Waals surface area contributed by atoms with Gasteiger partial charge in [0, 0.05) is 20.3 Å². The van der Waals surface area contributed by atoms with Crippen molar-refractivity contribution in [3.63, 3.8) is 0 Å².